The molecule has 0 aromatic heterocycles. The largest absolute Gasteiger partial charge is 0.494 e. The highest BCUT2D eigenvalue weighted by atomic mass is 16.7. The number of hydrogen-bond donors (Lipinski definition) is 1. The molecule has 1 fully saturated rings. The fourth-order valence-electron chi connectivity index (χ4n) is 2.09. The molecule has 2 rings (SSSR count). The maximum absolute atomic E-state index is 9.76. The van der Waals surface area contributed by atoms with Gasteiger partial charge in [0.25, 0.3) is 0 Å². The molecule has 1 aliphatic rings. The summed E-state index contributed by atoms with van der Waals surface area (Å²) in [7, 11) is -0.356. The fourth-order valence-corrected chi connectivity index (χ4v) is 2.09. The Bertz CT molecular complexity index is 525. The lowest BCUT2D eigenvalue weighted by molar-refractivity contribution is 0.00578. The van der Waals surface area contributed by atoms with Crippen LogP contribution >= 0.6 is 0 Å². The van der Waals surface area contributed by atoms with Gasteiger partial charge in [0, 0.05) is 0 Å². The van der Waals surface area contributed by atoms with Crippen LogP contribution in [0.2, 0.25) is 0 Å². The summed E-state index contributed by atoms with van der Waals surface area (Å²) >= 11 is 0. The van der Waals surface area contributed by atoms with Crippen molar-refractivity contribution >= 4 is 18.7 Å². The molecule has 0 spiro atoms. The van der Waals surface area contributed by atoms with Crippen LogP contribution in [-0.2, 0) is 9.31 Å². The SMILES string of the molecule is CC(C)(O)C=Cc1cccc(B2OC(C)(C)C(C)(C)O2)c1. The average Bonchev–Trinajstić information content (AvgIpc) is 2.56. The van der Waals surface area contributed by atoms with E-state index in [9.17, 15) is 5.11 Å². The molecule has 0 aliphatic carbocycles. The van der Waals surface area contributed by atoms with Crippen molar-refractivity contribution in [2.45, 2.75) is 58.3 Å². The third-order valence-electron chi connectivity index (χ3n) is 4.12. The van der Waals surface area contributed by atoms with Crippen LogP contribution in [0.5, 0.6) is 0 Å². The van der Waals surface area contributed by atoms with E-state index >= 15 is 0 Å². The molecule has 1 aliphatic heterocycles. The average molecular weight is 288 g/mol. The summed E-state index contributed by atoms with van der Waals surface area (Å²) in [6, 6.07) is 8.01. The second kappa shape index (κ2) is 5.27. The van der Waals surface area contributed by atoms with Crippen molar-refractivity contribution < 1.29 is 14.4 Å². The first-order chi connectivity index (χ1) is 9.50. The zero-order valence-electron chi connectivity index (χ0n) is 13.8. The minimum absolute atomic E-state index is 0.337. The van der Waals surface area contributed by atoms with E-state index in [0.717, 1.165) is 11.0 Å². The summed E-state index contributed by atoms with van der Waals surface area (Å²) in [5.41, 5.74) is 0.518. The van der Waals surface area contributed by atoms with Crippen LogP contribution in [0.4, 0.5) is 0 Å². The minimum atomic E-state index is -0.819. The molecule has 1 aromatic carbocycles. The van der Waals surface area contributed by atoms with Crippen LogP contribution in [0.15, 0.2) is 30.3 Å². The van der Waals surface area contributed by atoms with Gasteiger partial charge in [0.2, 0.25) is 0 Å². The highest BCUT2D eigenvalue weighted by molar-refractivity contribution is 6.62. The van der Waals surface area contributed by atoms with E-state index in [1.54, 1.807) is 19.9 Å². The number of aliphatic hydroxyl groups is 1. The highest BCUT2D eigenvalue weighted by Gasteiger charge is 2.51. The van der Waals surface area contributed by atoms with Gasteiger partial charge in [-0.25, -0.2) is 0 Å². The monoisotopic (exact) mass is 288 g/mol. The van der Waals surface area contributed by atoms with E-state index < -0.39 is 5.60 Å². The van der Waals surface area contributed by atoms with Gasteiger partial charge in [0.1, 0.15) is 0 Å². The molecule has 0 bridgehead atoms. The summed E-state index contributed by atoms with van der Waals surface area (Å²) in [4.78, 5) is 0. The Hall–Kier alpha value is -1.10. The van der Waals surface area contributed by atoms with Crippen LogP contribution in [0.25, 0.3) is 6.08 Å². The van der Waals surface area contributed by atoms with Gasteiger partial charge in [-0.2, -0.15) is 0 Å². The third kappa shape index (κ3) is 3.76. The van der Waals surface area contributed by atoms with E-state index in [0.29, 0.717) is 0 Å². The lowest BCUT2D eigenvalue weighted by Gasteiger charge is -2.32. The Kier molecular flexibility index (Phi) is 4.09. The quantitative estimate of drug-likeness (QED) is 0.869. The van der Waals surface area contributed by atoms with E-state index in [1.165, 1.54) is 0 Å². The number of benzene rings is 1. The van der Waals surface area contributed by atoms with Gasteiger partial charge in [-0.05, 0) is 52.6 Å². The molecule has 0 radical (unpaired) electrons. The molecular formula is C17H25BO3. The topological polar surface area (TPSA) is 38.7 Å². The molecule has 0 unspecified atom stereocenters. The van der Waals surface area contributed by atoms with Crippen LogP contribution in [-0.4, -0.2) is 29.0 Å². The van der Waals surface area contributed by atoms with Crippen molar-refractivity contribution in [3.05, 3.63) is 35.9 Å². The number of hydrogen-bond acceptors (Lipinski definition) is 3. The summed E-state index contributed by atoms with van der Waals surface area (Å²) in [5, 5.41) is 9.76. The lowest BCUT2D eigenvalue weighted by atomic mass is 9.78. The predicted molar refractivity (Wildman–Crippen MR) is 87.5 cm³/mol. The van der Waals surface area contributed by atoms with Crippen LogP contribution < -0.4 is 5.46 Å². The second-order valence-corrected chi connectivity index (χ2v) is 7.25. The normalized spacial score (nSPS) is 21.2. The summed E-state index contributed by atoms with van der Waals surface area (Å²) in [6.07, 6.45) is 3.69. The first-order valence-corrected chi connectivity index (χ1v) is 7.37. The molecule has 0 amide bonds. The molecule has 4 heteroatoms. The maximum atomic E-state index is 9.76. The van der Waals surface area contributed by atoms with Crippen molar-refractivity contribution in [1.82, 2.24) is 0 Å². The van der Waals surface area contributed by atoms with Crippen LogP contribution in [0.1, 0.15) is 47.1 Å². The molecule has 1 aromatic rings. The van der Waals surface area contributed by atoms with Gasteiger partial charge in [0.15, 0.2) is 0 Å². The second-order valence-electron chi connectivity index (χ2n) is 7.25. The Morgan fingerprint density at radius 2 is 1.67 bits per heavy atom. The van der Waals surface area contributed by atoms with Gasteiger partial charge in [0.05, 0.1) is 16.8 Å². The van der Waals surface area contributed by atoms with Crippen LogP contribution in [0.3, 0.4) is 0 Å². The molecule has 1 saturated heterocycles. The van der Waals surface area contributed by atoms with Crippen molar-refractivity contribution in [2.24, 2.45) is 0 Å². The van der Waals surface area contributed by atoms with E-state index in [2.05, 4.69) is 0 Å². The Morgan fingerprint density at radius 3 is 2.19 bits per heavy atom. The van der Waals surface area contributed by atoms with Gasteiger partial charge in [-0.3, -0.25) is 0 Å². The zero-order valence-corrected chi connectivity index (χ0v) is 13.8. The molecule has 0 saturated carbocycles. The highest BCUT2D eigenvalue weighted by Crippen LogP contribution is 2.36. The van der Waals surface area contributed by atoms with Crippen molar-refractivity contribution in [3.8, 4) is 0 Å². The van der Waals surface area contributed by atoms with E-state index in [-0.39, 0.29) is 18.3 Å². The predicted octanol–water partition coefficient (Wildman–Crippen LogP) is 2.77. The van der Waals surface area contributed by atoms with Crippen LogP contribution in [0, 0.1) is 0 Å². The lowest BCUT2D eigenvalue weighted by Crippen LogP contribution is -2.41. The first-order valence-electron chi connectivity index (χ1n) is 7.37. The zero-order chi connectivity index (χ0) is 15.9. The van der Waals surface area contributed by atoms with Gasteiger partial charge in [-0.15, -0.1) is 0 Å². The van der Waals surface area contributed by atoms with Crippen molar-refractivity contribution in [3.63, 3.8) is 0 Å². The molecule has 0 atom stereocenters. The maximum Gasteiger partial charge on any atom is 0.494 e. The van der Waals surface area contributed by atoms with Gasteiger partial charge in [-0.1, -0.05) is 36.4 Å². The number of rotatable bonds is 3. The molecule has 1 N–H and O–H groups in total. The van der Waals surface area contributed by atoms with Crippen molar-refractivity contribution in [1.29, 1.82) is 0 Å². The standard InChI is InChI=1S/C17H25BO3/c1-15(2,19)11-10-13-8-7-9-14(12-13)18-20-16(3,4)17(5,6)21-18/h7-12,19H,1-6H3. The molecular weight excluding hydrogens is 263 g/mol. The first kappa shape index (κ1) is 16.3. The molecule has 1 heterocycles. The molecule has 114 valence electrons. The van der Waals surface area contributed by atoms with E-state index in [1.807, 2.05) is 58.0 Å². The van der Waals surface area contributed by atoms with Crippen molar-refractivity contribution in [2.75, 3.05) is 0 Å². The Labute approximate surface area is 128 Å². The van der Waals surface area contributed by atoms with Gasteiger partial charge >= 0.3 is 7.12 Å². The van der Waals surface area contributed by atoms with E-state index in [4.69, 9.17) is 9.31 Å². The molecule has 3 nitrogen and oxygen atoms in total. The van der Waals surface area contributed by atoms with Gasteiger partial charge < -0.3 is 14.4 Å². The Balaban J connectivity index is 2.22. The molecule has 21 heavy (non-hydrogen) atoms. The summed E-state index contributed by atoms with van der Waals surface area (Å²) in [6.45, 7) is 11.7. The smallest absolute Gasteiger partial charge is 0.399 e. The fraction of sp³-hybridized carbons (Fsp3) is 0.529. The summed E-state index contributed by atoms with van der Waals surface area (Å²) < 4.78 is 12.1. The Morgan fingerprint density at radius 1 is 1.10 bits per heavy atom. The third-order valence-corrected chi connectivity index (χ3v) is 4.12. The summed E-state index contributed by atoms with van der Waals surface area (Å²) in [5.74, 6) is 0. The minimum Gasteiger partial charge on any atom is -0.399 e.